The first-order valence-corrected chi connectivity index (χ1v) is 6.52. The molecule has 1 amide bonds. The second-order valence-electron chi connectivity index (χ2n) is 5.48. The summed E-state index contributed by atoms with van der Waals surface area (Å²) in [5.74, 6) is 0.224. The highest BCUT2D eigenvalue weighted by Crippen LogP contribution is 2.38. The zero-order valence-electron chi connectivity index (χ0n) is 11.6. The standard InChI is InChI=1S/C13H20N2O5/c1-8-3-9(15-20-8)12(18)14-6-13(7-19-2)4-10(16)11(17)5-13/h3,10-11,16-17H,4-7H2,1-2H3,(H,14,18)/t10-,11+,13?. The van der Waals surface area contributed by atoms with E-state index in [-0.39, 0.29) is 11.6 Å². The Hall–Kier alpha value is -1.44. The largest absolute Gasteiger partial charge is 0.390 e. The number of aliphatic hydroxyl groups is 2. The summed E-state index contributed by atoms with van der Waals surface area (Å²) in [7, 11) is 1.56. The third-order valence-corrected chi connectivity index (χ3v) is 3.66. The monoisotopic (exact) mass is 284 g/mol. The molecule has 1 aliphatic rings. The van der Waals surface area contributed by atoms with Crippen LogP contribution in [0.1, 0.15) is 29.1 Å². The zero-order valence-corrected chi connectivity index (χ0v) is 11.6. The predicted octanol–water partition coefficient (Wildman–Crippen LogP) is -0.139. The van der Waals surface area contributed by atoms with Gasteiger partial charge < -0.3 is 24.8 Å². The molecule has 0 saturated heterocycles. The molecule has 1 aliphatic carbocycles. The van der Waals surface area contributed by atoms with Gasteiger partial charge in [-0.15, -0.1) is 0 Å². The van der Waals surface area contributed by atoms with Crippen LogP contribution in [0.3, 0.4) is 0 Å². The number of ether oxygens (including phenoxy) is 1. The van der Waals surface area contributed by atoms with Gasteiger partial charge in [-0.2, -0.15) is 0 Å². The zero-order chi connectivity index (χ0) is 14.8. The van der Waals surface area contributed by atoms with Gasteiger partial charge in [0, 0.05) is 25.1 Å². The summed E-state index contributed by atoms with van der Waals surface area (Å²) in [6, 6.07) is 1.55. The van der Waals surface area contributed by atoms with Crippen molar-refractivity contribution >= 4 is 5.91 Å². The average Bonchev–Trinajstić information content (AvgIpc) is 2.93. The van der Waals surface area contributed by atoms with Crippen LogP contribution in [-0.2, 0) is 4.74 Å². The molecule has 1 aromatic heterocycles. The number of hydrogen-bond acceptors (Lipinski definition) is 6. The first-order valence-electron chi connectivity index (χ1n) is 6.52. The Kier molecular flexibility index (Phi) is 4.42. The summed E-state index contributed by atoms with van der Waals surface area (Å²) < 4.78 is 10.0. The molecule has 112 valence electrons. The number of methoxy groups -OCH3 is 1. The number of rotatable bonds is 5. The number of amides is 1. The minimum atomic E-state index is -0.781. The van der Waals surface area contributed by atoms with E-state index in [0.29, 0.717) is 31.8 Å². The molecule has 1 aromatic rings. The number of carbonyl (C=O) groups is 1. The van der Waals surface area contributed by atoms with Gasteiger partial charge in [-0.05, 0) is 19.8 Å². The molecule has 1 fully saturated rings. The van der Waals surface area contributed by atoms with Crippen LogP contribution in [0.2, 0.25) is 0 Å². The molecule has 0 spiro atoms. The van der Waals surface area contributed by atoms with Gasteiger partial charge in [0.05, 0.1) is 18.8 Å². The lowest BCUT2D eigenvalue weighted by Crippen LogP contribution is -2.39. The SMILES string of the molecule is COCC1(CNC(=O)c2cc(C)on2)C[C@@H](O)[C@@H](O)C1. The molecule has 1 saturated carbocycles. The van der Waals surface area contributed by atoms with Crippen LogP contribution in [0, 0.1) is 12.3 Å². The number of aliphatic hydroxyl groups excluding tert-OH is 2. The third kappa shape index (κ3) is 3.17. The molecule has 20 heavy (non-hydrogen) atoms. The lowest BCUT2D eigenvalue weighted by atomic mass is 9.86. The van der Waals surface area contributed by atoms with Crippen molar-refractivity contribution in [2.24, 2.45) is 5.41 Å². The van der Waals surface area contributed by atoms with Gasteiger partial charge in [0.15, 0.2) is 5.69 Å². The Balaban J connectivity index is 1.98. The Morgan fingerprint density at radius 1 is 1.55 bits per heavy atom. The summed E-state index contributed by atoms with van der Waals surface area (Å²) in [6.07, 6.45) is -0.784. The van der Waals surface area contributed by atoms with E-state index in [4.69, 9.17) is 9.26 Å². The van der Waals surface area contributed by atoms with E-state index >= 15 is 0 Å². The minimum absolute atomic E-state index is 0.217. The molecule has 1 heterocycles. The van der Waals surface area contributed by atoms with Gasteiger partial charge in [0.25, 0.3) is 5.91 Å². The van der Waals surface area contributed by atoms with E-state index < -0.39 is 17.6 Å². The minimum Gasteiger partial charge on any atom is -0.390 e. The third-order valence-electron chi connectivity index (χ3n) is 3.66. The fourth-order valence-corrected chi connectivity index (χ4v) is 2.69. The molecular weight excluding hydrogens is 264 g/mol. The van der Waals surface area contributed by atoms with Crippen molar-refractivity contribution in [2.75, 3.05) is 20.3 Å². The van der Waals surface area contributed by atoms with Gasteiger partial charge in [0.1, 0.15) is 5.76 Å². The molecule has 1 unspecified atom stereocenters. The molecule has 0 radical (unpaired) electrons. The first kappa shape index (κ1) is 15.0. The Bertz CT molecular complexity index is 463. The van der Waals surface area contributed by atoms with E-state index in [1.54, 1.807) is 20.1 Å². The van der Waals surface area contributed by atoms with E-state index in [2.05, 4.69) is 10.5 Å². The maximum atomic E-state index is 11.9. The van der Waals surface area contributed by atoms with Crippen LogP contribution in [-0.4, -0.2) is 53.7 Å². The lowest BCUT2D eigenvalue weighted by Gasteiger charge is -2.28. The molecule has 7 heteroatoms. The second-order valence-corrected chi connectivity index (χ2v) is 5.48. The van der Waals surface area contributed by atoms with Crippen LogP contribution in [0.25, 0.3) is 0 Å². The Morgan fingerprint density at radius 2 is 2.20 bits per heavy atom. The molecule has 3 N–H and O–H groups in total. The van der Waals surface area contributed by atoms with Crippen molar-refractivity contribution in [2.45, 2.75) is 32.0 Å². The van der Waals surface area contributed by atoms with Crippen LogP contribution in [0.4, 0.5) is 0 Å². The number of nitrogens with one attached hydrogen (secondary N) is 1. The Morgan fingerprint density at radius 3 is 2.70 bits per heavy atom. The van der Waals surface area contributed by atoms with Crippen molar-refractivity contribution < 1.29 is 24.3 Å². The van der Waals surface area contributed by atoms with E-state index in [1.807, 2.05) is 0 Å². The first-order chi connectivity index (χ1) is 9.46. The lowest BCUT2D eigenvalue weighted by molar-refractivity contribution is 0.0438. The average molecular weight is 284 g/mol. The van der Waals surface area contributed by atoms with Crippen LogP contribution < -0.4 is 5.32 Å². The fraction of sp³-hybridized carbons (Fsp3) is 0.692. The maximum absolute atomic E-state index is 11.9. The van der Waals surface area contributed by atoms with E-state index in [0.717, 1.165) is 0 Å². The number of aromatic nitrogens is 1. The van der Waals surface area contributed by atoms with Crippen LogP contribution in [0.5, 0.6) is 0 Å². The van der Waals surface area contributed by atoms with E-state index in [1.165, 1.54) is 0 Å². The van der Waals surface area contributed by atoms with Gasteiger partial charge in [-0.3, -0.25) is 4.79 Å². The molecule has 7 nitrogen and oxygen atoms in total. The number of nitrogens with zero attached hydrogens (tertiary/aromatic N) is 1. The highest BCUT2D eigenvalue weighted by molar-refractivity contribution is 5.92. The van der Waals surface area contributed by atoms with Crippen molar-refractivity contribution in [3.8, 4) is 0 Å². The highest BCUT2D eigenvalue weighted by Gasteiger charge is 2.44. The van der Waals surface area contributed by atoms with Gasteiger partial charge in [-0.1, -0.05) is 5.16 Å². The van der Waals surface area contributed by atoms with Gasteiger partial charge in [0.2, 0.25) is 0 Å². The number of carbonyl (C=O) groups excluding carboxylic acids is 1. The molecule has 3 atom stereocenters. The number of aryl methyl sites for hydroxylation is 1. The molecular formula is C13H20N2O5. The van der Waals surface area contributed by atoms with Crippen LogP contribution >= 0.6 is 0 Å². The summed E-state index contributed by atoms with van der Waals surface area (Å²) in [4.78, 5) is 11.9. The second kappa shape index (κ2) is 5.90. The smallest absolute Gasteiger partial charge is 0.273 e. The molecule has 0 bridgehead atoms. The molecule has 0 aromatic carbocycles. The van der Waals surface area contributed by atoms with Gasteiger partial charge in [-0.25, -0.2) is 0 Å². The van der Waals surface area contributed by atoms with Gasteiger partial charge >= 0.3 is 0 Å². The fourth-order valence-electron chi connectivity index (χ4n) is 2.69. The summed E-state index contributed by atoms with van der Waals surface area (Å²) in [6.45, 7) is 2.37. The molecule has 2 rings (SSSR count). The highest BCUT2D eigenvalue weighted by atomic mass is 16.5. The van der Waals surface area contributed by atoms with Crippen molar-refractivity contribution in [1.29, 1.82) is 0 Å². The van der Waals surface area contributed by atoms with E-state index in [9.17, 15) is 15.0 Å². The quantitative estimate of drug-likeness (QED) is 0.695. The van der Waals surface area contributed by atoms with Crippen LogP contribution in [0.15, 0.2) is 10.6 Å². The summed E-state index contributed by atoms with van der Waals surface area (Å²) in [5, 5.41) is 25.8. The summed E-state index contributed by atoms with van der Waals surface area (Å²) in [5.41, 5.74) is -0.240. The summed E-state index contributed by atoms with van der Waals surface area (Å²) >= 11 is 0. The molecule has 0 aliphatic heterocycles. The van der Waals surface area contributed by atoms with Crippen molar-refractivity contribution in [3.63, 3.8) is 0 Å². The van der Waals surface area contributed by atoms with Crippen molar-refractivity contribution in [1.82, 2.24) is 10.5 Å². The normalized spacial score (nSPS) is 29.6. The maximum Gasteiger partial charge on any atom is 0.273 e. The van der Waals surface area contributed by atoms with Crippen molar-refractivity contribution in [3.05, 3.63) is 17.5 Å². The topological polar surface area (TPSA) is 105 Å². The predicted molar refractivity (Wildman–Crippen MR) is 69.1 cm³/mol. The number of hydrogen-bond donors (Lipinski definition) is 3. The Labute approximate surface area is 116 Å².